The molecular weight excluding hydrogens is 264 g/mol. The summed E-state index contributed by atoms with van der Waals surface area (Å²) in [5, 5.41) is 3.19. The first-order valence-electron chi connectivity index (χ1n) is 6.43. The lowest BCUT2D eigenvalue weighted by atomic mass is 10.2. The van der Waals surface area contributed by atoms with Gasteiger partial charge >= 0.3 is 0 Å². The Labute approximate surface area is 114 Å². The SMILES string of the molecule is COc1cccc(CNS(=O)(=O)CC2CCCN2)c1. The topological polar surface area (TPSA) is 67.4 Å². The van der Waals surface area contributed by atoms with E-state index in [0.717, 1.165) is 30.7 Å². The monoisotopic (exact) mass is 284 g/mol. The first-order valence-corrected chi connectivity index (χ1v) is 8.08. The van der Waals surface area contributed by atoms with Gasteiger partial charge in [-0.15, -0.1) is 0 Å². The van der Waals surface area contributed by atoms with Crippen molar-refractivity contribution < 1.29 is 13.2 Å². The molecule has 1 atom stereocenters. The lowest BCUT2D eigenvalue weighted by Crippen LogP contribution is -2.36. The van der Waals surface area contributed by atoms with Crippen LogP contribution in [0.5, 0.6) is 5.75 Å². The molecule has 5 nitrogen and oxygen atoms in total. The molecule has 1 aliphatic heterocycles. The Balaban J connectivity index is 1.89. The molecule has 0 bridgehead atoms. The van der Waals surface area contributed by atoms with Crippen LogP contribution in [-0.2, 0) is 16.6 Å². The Hall–Kier alpha value is -1.11. The number of methoxy groups -OCH3 is 1. The maximum Gasteiger partial charge on any atom is 0.213 e. The molecule has 1 fully saturated rings. The summed E-state index contributed by atoms with van der Waals surface area (Å²) >= 11 is 0. The van der Waals surface area contributed by atoms with E-state index in [1.807, 2.05) is 24.3 Å². The smallest absolute Gasteiger partial charge is 0.213 e. The van der Waals surface area contributed by atoms with Gasteiger partial charge in [0.1, 0.15) is 5.75 Å². The minimum atomic E-state index is -3.24. The van der Waals surface area contributed by atoms with Crippen LogP contribution in [0.15, 0.2) is 24.3 Å². The molecule has 0 aromatic heterocycles. The first kappa shape index (κ1) is 14.3. The zero-order valence-corrected chi connectivity index (χ0v) is 11.9. The number of hydrogen-bond acceptors (Lipinski definition) is 4. The largest absolute Gasteiger partial charge is 0.497 e. The summed E-state index contributed by atoms with van der Waals surface area (Å²) in [7, 11) is -1.64. The number of benzene rings is 1. The van der Waals surface area contributed by atoms with Crippen LogP contribution in [0.25, 0.3) is 0 Å². The Morgan fingerprint density at radius 3 is 3.00 bits per heavy atom. The third-order valence-electron chi connectivity index (χ3n) is 3.21. The highest BCUT2D eigenvalue weighted by atomic mass is 32.2. The lowest BCUT2D eigenvalue weighted by molar-refractivity contribution is 0.414. The van der Waals surface area contributed by atoms with Crippen LogP contribution in [0.2, 0.25) is 0 Å². The van der Waals surface area contributed by atoms with E-state index in [1.54, 1.807) is 7.11 Å². The van der Waals surface area contributed by atoms with Gasteiger partial charge in [-0.2, -0.15) is 0 Å². The molecule has 106 valence electrons. The van der Waals surface area contributed by atoms with Crippen molar-refractivity contribution in [3.05, 3.63) is 29.8 Å². The highest BCUT2D eigenvalue weighted by molar-refractivity contribution is 7.89. The van der Waals surface area contributed by atoms with Crippen molar-refractivity contribution in [3.8, 4) is 5.75 Å². The normalized spacial score (nSPS) is 19.5. The van der Waals surface area contributed by atoms with Crippen LogP contribution >= 0.6 is 0 Å². The molecule has 1 aliphatic rings. The standard InChI is InChI=1S/C13H20N2O3S/c1-18-13-6-2-4-11(8-13)9-15-19(16,17)10-12-5-3-7-14-12/h2,4,6,8,12,14-15H,3,5,7,9-10H2,1H3. The van der Waals surface area contributed by atoms with E-state index in [-0.39, 0.29) is 11.8 Å². The van der Waals surface area contributed by atoms with Crippen LogP contribution < -0.4 is 14.8 Å². The van der Waals surface area contributed by atoms with Crippen molar-refractivity contribution in [1.29, 1.82) is 0 Å². The Bertz CT molecular complexity index is 510. The fourth-order valence-corrected chi connectivity index (χ4v) is 3.52. The molecule has 1 unspecified atom stereocenters. The van der Waals surface area contributed by atoms with Crippen LogP contribution in [0.4, 0.5) is 0 Å². The van der Waals surface area contributed by atoms with E-state index in [1.165, 1.54) is 0 Å². The van der Waals surface area contributed by atoms with Crippen molar-refractivity contribution in [2.45, 2.75) is 25.4 Å². The van der Waals surface area contributed by atoms with Crippen LogP contribution in [0.1, 0.15) is 18.4 Å². The minimum Gasteiger partial charge on any atom is -0.497 e. The Morgan fingerprint density at radius 1 is 1.47 bits per heavy atom. The second kappa shape index (κ2) is 6.36. The van der Waals surface area contributed by atoms with Crippen LogP contribution in [0.3, 0.4) is 0 Å². The quantitative estimate of drug-likeness (QED) is 0.813. The molecule has 19 heavy (non-hydrogen) atoms. The van der Waals surface area contributed by atoms with Crippen molar-refractivity contribution >= 4 is 10.0 Å². The van der Waals surface area contributed by atoms with E-state index < -0.39 is 10.0 Å². The van der Waals surface area contributed by atoms with E-state index >= 15 is 0 Å². The molecule has 1 aromatic carbocycles. The molecule has 0 radical (unpaired) electrons. The highest BCUT2D eigenvalue weighted by Gasteiger charge is 2.21. The van der Waals surface area contributed by atoms with Gasteiger partial charge in [0, 0.05) is 12.6 Å². The average molecular weight is 284 g/mol. The molecule has 1 saturated heterocycles. The summed E-state index contributed by atoms with van der Waals surface area (Å²) in [6.45, 7) is 1.21. The van der Waals surface area contributed by atoms with Crippen molar-refractivity contribution in [3.63, 3.8) is 0 Å². The second-order valence-corrected chi connectivity index (χ2v) is 6.60. The third kappa shape index (κ3) is 4.49. The highest BCUT2D eigenvalue weighted by Crippen LogP contribution is 2.13. The summed E-state index contributed by atoms with van der Waals surface area (Å²) < 4.78 is 31.6. The molecule has 1 aromatic rings. The predicted octanol–water partition coefficient (Wildman–Crippen LogP) is 0.867. The van der Waals surface area contributed by atoms with Crippen molar-refractivity contribution in [2.75, 3.05) is 19.4 Å². The molecule has 0 saturated carbocycles. The second-order valence-electron chi connectivity index (χ2n) is 4.75. The first-order chi connectivity index (χ1) is 9.09. The molecule has 1 heterocycles. The molecule has 2 rings (SSSR count). The van der Waals surface area contributed by atoms with Gasteiger partial charge in [-0.25, -0.2) is 13.1 Å². The molecule has 6 heteroatoms. The third-order valence-corrected chi connectivity index (χ3v) is 4.64. The number of rotatable bonds is 6. The van der Waals surface area contributed by atoms with Gasteiger partial charge in [0.15, 0.2) is 0 Å². The summed E-state index contributed by atoms with van der Waals surface area (Å²) in [5.41, 5.74) is 0.891. The van der Waals surface area contributed by atoms with Crippen molar-refractivity contribution in [1.82, 2.24) is 10.0 Å². The fourth-order valence-electron chi connectivity index (χ4n) is 2.20. The van der Waals surface area contributed by atoms with E-state index in [9.17, 15) is 8.42 Å². The zero-order chi connectivity index (χ0) is 13.7. The van der Waals surface area contributed by atoms with Gasteiger partial charge < -0.3 is 10.1 Å². The van der Waals surface area contributed by atoms with Crippen LogP contribution in [0, 0.1) is 0 Å². The summed E-state index contributed by atoms with van der Waals surface area (Å²) in [6, 6.07) is 7.47. The molecule has 0 aliphatic carbocycles. The lowest BCUT2D eigenvalue weighted by Gasteiger charge is -2.12. The van der Waals surface area contributed by atoms with E-state index in [2.05, 4.69) is 10.0 Å². The predicted molar refractivity (Wildman–Crippen MR) is 74.6 cm³/mol. The Morgan fingerprint density at radius 2 is 2.32 bits per heavy atom. The maximum atomic E-state index is 11.9. The summed E-state index contributed by atoms with van der Waals surface area (Å²) in [6.07, 6.45) is 1.98. The number of nitrogens with one attached hydrogen (secondary N) is 2. The molecule has 0 amide bonds. The Kier molecular flexibility index (Phi) is 4.79. The zero-order valence-electron chi connectivity index (χ0n) is 11.1. The number of ether oxygens (including phenoxy) is 1. The van der Waals surface area contributed by atoms with Crippen molar-refractivity contribution in [2.24, 2.45) is 0 Å². The molecule has 0 spiro atoms. The van der Waals surface area contributed by atoms with Gasteiger partial charge in [0.05, 0.1) is 12.9 Å². The minimum absolute atomic E-state index is 0.0859. The number of sulfonamides is 1. The van der Waals surface area contributed by atoms with Crippen LogP contribution in [-0.4, -0.2) is 33.9 Å². The van der Waals surface area contributed by atoms with E-state index in [0.29, 0.717) is 6.54 Å². The summed E-state index contributed by atoms with van der Waals surface area (Å²) in [5.74, 6) is 0.880. The van der Waals surface area contributed by atoms with Gasteiger partial charge in [-0.05, 0) is 37.1 Å². The van der Waals surface area contributed by atoms with Gasteiger partial charge in [-0.3, -0.25) is 0 Å². The van der Waals surface area contributed by atoms with Gasteiger partial charge in [0.2, 0.25) is 10.0 Å². The number of hydrogen-bond donors (Lipinski definition) is 2. The van der Waals surface area contributed by atoms with E-state index in [4.69, 9.17) is 4.74 Å². The maximum absolute atomic E-state index is 11.9. The molecule has 2 N–H and O–H groups in total. The van der Waals surface area contributed by atoms with Gasteiger partial charge in [0.25, 0.3) is 0 Å². The van der Waals surface area contributed by atoms with Gasteiger partial charge in [-0.1, -0.05) is 12.1 Å². The average Bonchev–Trinajstić information content (AvgIpc) is 2.89. The summed E-state index contributed by atoms with van der Waals surface area (Å²) in [4.78, 5) is 0. The fraction of sp³-hybridized carbons (Fsp3) is 0.538. The molecular formula is C13H20N2O3S.